The summed E-state index contributed by atoms with van der Waals surface area (Å²) in [5.74, 6) is -9.82. The SMILES string of the molecule is CCC(=O)O[C@@H]1[C@@]2(O)[C@@H](OC(C)=O)[C@@]3(C)C[C@]24OC2(C)O[C@]15[C@@H]1CC(=O)O[C@@H](c6ccoc6)[C@]1(C)[C@@H](OC(C)=O)[C@@H](O)[C@]5(O2)[C@]4(COC(C)=O)[C@H]3CC(=O)OC. The topological polar surface area (TPSA) is 239 Å². The van der Waals surface area contributed by atoms with Crippen molar-refractivity contribution in [3.05, 3.63) is 24.2 Å². The van der Waals surface area contributed by atoms with Crippen LogP contribution < -0.4 is 0 Å². The Kier molecular flexibility index (Phi) is 8.13. The second kappa shape index (κ2) is 11.7. The third-order valence-electron chi connectivity index (χ3n) is 14.3. The van der Waals surface area contributed by atoms with Crippen molar-refractivity contribution in [1.29, 1.82) is 0 Å². The average molecular weight is 791 g/mol. The van der Waals surface area contributed by atoms with Crippen LogP contribution in [0.1, 0.15) is 85.8 Å². The van der Waals surface area contributed by atoms with Crippen LogP contribution in [0.15, 0.2) is 23.0 Å². The lowest BCUT2D eigenvalue weighted by Crippen LogP contribution is -2.98. The quantitative estimate of drug-likeness (QED) is 0.265. The number of aliphatic hydroxyl groups excluding tert-OH is 1. The molecular formula is C38H46O18. The predicted octanol–water partition coefficient (Wildman–Crippen LogP) is 1.31. The average Bonchev–Trinajstić information content (AvgIpc) is 3.82. The van der Waals surface area contributed by atoms with E-state index in [1.807, 2.05) is 0 Å². The highest BCUT2D eigenvalue weighted by molar-refractivity contribution is 5.75. The minimum atomic E-state index is -2.64. The number of methoxy groups -OCH3 is 1. The van der Waals surface area contributed by atoms with Crippen LogP contribution in [0, 0.1) is 28.1 Å². The molecule has 4 heterocycles. The normalized spacial score (nSPS) is 48.6. The maximum absolute atomic E-state index is 14.1. The number of cyclic esters (lactones) is 1. The summed E-state index contributed by atoms with van der Waals surface area (Å²) in [5.41, 5.74) is -14.8. The molecule has 0 aromatic carbocycles. The van der Waals surface area contributed by atoms with Crippen LogP contribution in [0.2, 0.25) is 0 Å². The van der Waals surface area contributed by atoms with Crippen LogP contribution in [0.3, 0.4) is 0 Å². The predicted molar refractivity (Wildman–Crippen MR) is 178 cm³/mol. The molecule has 4 bridgehead atoms. The molecule has 18 heteroatoms. The van der Waals surface area contributed by atoms with Gasteiger partial charge in [-0.3, -0.25) is 28.8 Å². The zero-order valence-corrected chi connectivity index (χ0v) is 32.2. The van der Waals surface area contributed by atoms with Crippen molar-refractivity contribution in [2.45, 2.75) is 133 Å². The molecule has 56 heavy (non-hydrogen) atoms. The number of carbonyl (C=O) groups excluding carboxylic acids is 6. The van der Waals surface area contributed by atoms with E-state index in [1.165, 1.54) is 32.4 Å². The molecule has 7 fully saturated rings. The number of fused-ring (bicyclic) bond motifs is 3. The maximum Gasteiger partial charge on any atom is 0.306 e. The van der Waals surface area contributed by atoms with Crippen molar-refractivity contribution >= 4 is 35.8 Å². The third-order valence-corrected chi connectivity index (χ3v) is 14.3. The van der Waals surface area contributed by atoms with E-state index < -0.39 is 142 Å². The maximum atomic E-state index is 14.1. The van der Waals surface area contributed by atoms with Crippen molar-refractivity contribution < 1.29 is 86.0 Å². The highest BCUT2D eigenvalue weighted by Crippen LogP contribution is 2.90. The van der Waals surface area contributed by atoms with Gasteiger partial charge in [0.2, 0.25) is 0 Å². The molecule has 3 saturated heterocycles. The molecule has 2 spiro atoms. The first-order valence-electron chi connectivity index (χ1n) is 18.6. The molecule has 0 amide bonds. The second-order valence-corrected chi connectivity index (χ2v) is 16.9. The first kappa shape index (κ1) is 38.8. The fourth-order valence-electron chi connectivity index (χ4n) is 13.1. The van der Waals surface area contributed by atoms with E-state index in [2.05, 4.69) is 0 Å². The van der Waals surface area contributed by atoms with Crippen LogP contribution in [0.5, 0.6) is 0 Å². The first-order chi connectivity index (χ1) is 26.2. The van der Waals surface area contributed by atoms with Gasteiger partial charge >= 0.3 is 35.8 Å². The van der Waals surface area contributed by atoms with E-state index in [-0.39, 0.29) is 12.8 Å². The Morgan fingerprint density at radius 2 is 1.62 bits per heavy atom. The van der Waals surface area contributed by atoms with Gasteiger partial charge in [-0.1, -0.05) is 20.8 Å². The standard InChI is InChI=1S/C38H46O18/c1-9-23(42)53-30-36(46)29(51-19(4)41)31(5)15-35(36)34(16-49-17(2)39,21(31)12-24(43)47-8)38-26(45)28(50-18(3)40)32(6)22(37(30,38)55-33(7,54-35)56-38)13-25(44)52-27(32)20-10-11-48-14-20/h10-11,14,21-22,26-30,45-46H,9,12-13,15-16H2,1-8H3/t21-,22+,26+,27-,28-,29-,30+,31-,32+,33?,34+,35+,36-,37+,38-/m0/s1. The van der Waals surface area contributed by atoms with Crippen LogP contribution >= 0.6 is 0 Å². The Hall–Kier alpha value is -4.10. The lowest BCUT2D eigenvalue weighted by molar-refractivity contribution is -0.497. The van der Waals surface area contributed by atoms with Gasteiger partial charge in [0, 0.05) is 57.4 Å². The van der Waals surface area contributed by atoms with Crippen LogP contribution in [0.4, 0.5) is 0 Å². The Labute approximate surface area is 320 Å². The van der Waals surface area contributed by atoms with Gasteiger partial charge in [0.05, 0.1) is 36.9 Å². The van der Waals surface area contributed by atoms with Gasteiger partial charge in [-0.25, -0.2) is 0 Å². The number of hydrogen-bond donors (Lipinski definition) is 2. The molecule has 1 aromatic heterocycles. The summed E-state index contributed by atoms with van der Waals surface area (Å²) in [7, 11) is 1.16. The van der Waals surface area contributed by atoms with E-state index in [0.717, 1.165) is 27.9 Å². The largest absolute Gasteiger partial charge is 0.472 e. The lowest BCUT2D eigenvalue weighted by Gasteiger charge is -2.78. The van der Waals surface area contributed by atoms with Crippen LogP contribution in [-0.4, -0.2) is 113 Å². The van der Waals surface area contributed by atoms with Gasteiger partial charge in [0.1, 0.15) is 42.2 Å². The van der Waals surface area contributed by atoms with E-state index in [4.69, 9.17) is 47.0 Å². The van der Waals surface area contributed by atoms with Crippen molar-refractivity contribution in [3.63, 3.8) is 0 Å². The molecule has 1 unspecified atom stereocenters. The van der Waals surface area contributed by atoms with Gasteiger partial charge < -0.3 is 57.3 Å². The molecule has 2 N–H and O–H groups in total. The Morgan fingerprint density at radius 3 is 2.21 bits per heavy atom. The Bertz CT molecular complexity index is 1910. The number of hydrogen-bond acceptors (Lipinski definition) is 18. The molecule has 1 aromatic rings. The molecule has 7 aliphatic rings. The van der Waals surface area contributed by atoms with Crippen LogP contribution in [-0.2, 0) is 71.4 Å². The highest BCUT2D eigenvalue weighted by Gasteiger charge is 3.07. The summed E-state index contributed by atoms with van der Waals surface area (Å²) in [6.07, 6.45) is -7.60. The van der Waals surface area contributed by atoms with E-state index in [0.29, 0.717) is 5.56 Å². The fraction of sp³-hybridized carbons (Fsp3) is 0.737. The molecule has 306 valence electrons. The van der Waals surface area contributed by atoms with Gasteiger partial charge in [0.15, 0.2) is 17.3 Å². The number of esters is 6. The van der Waals surface area contributed by atoms with Gasteiger partial charge in [-0.05, 0) is 18.4 Å². The lowest BCUT2D eigenvalue weighted by atomic mass is 9.32. The number of rotatable bonds is 9. The van der Waals surface area contributed by atoms with Gasteiger partial charge in [0.25, 0.3) is 5.97 Å². The Morgan fingerprint density at radius 1 is 0.929 bits per heavy atom. The van der Waals surface area contributed by atoms with Gasteiger partial charge in [-0.15, -0.1) is 0 Å². The zero-order valence-electron chi connectivity index (χ0n) is 32.2. The van der Waals surface area contributed by atoms with E-state index >= 15 is 0 Å². The smallest absolute Gasteiger partial charge is 0.306 e. The summed E-state index contributed by atoms with van der Waals surface area (Å²) in [5, 5.41) is 27.5. The molecule has 3 aliphatic heterocycles. The van der Waals surface area contributed by atoms with Crippen molar-refractivity contribution in [2.75, 3.05) is 13.7 Å². The monoisotopic (exact) mass is 790 g/mol. The summed E-state index contributed by atoms with van der Waals surface area (Å²) in [6.45, 7) is 8.76. The molecule has 4 aliphatic carbocycles. The summed E-state index contributed by atoms with van der Waals surface area (Å²) >= 11 is 0. The van der Waals surface area contributed by atoms with Gasteiger partial charge in [-0.2, -0.15) is 0 Å². The number of furan rings is 1. The molecule has 0 radical (unpaired) electrons. The van der Waals surface area contributed by atoms with E-state index in [9.17, 15) is 39.0 Å². The van der Waals surface area contributed by atoms with Crippen molar-refractivity contribution in [1.82, 2.24) is 0 Å². The zero-order chi connectivity index (χ0) is 40.8. The number of ether oxygens (including phenoxy) is 9. The molecule has 4 saturated carbocycles. The summed E-state index contributed by atoms with van der Waals surface area (Å²) in [4.78, 5) is 80.8. The minimum absolute atomic E-state index is 0.235. The summed E-state index contributed by atoms with van der Waals surface area (Å²) < 4.78 is 62.0. The summed E-state index contributed by atoms with van der Waals surface area (Å²) in [6, 6.07) is 1.52. The van der Waals surface area contributed by atoms with Crippen LogP contribution in [0.25, 0.3) is 0 Å². The van der Waals surface area contributed by atoms with E-state index in [1.54, 1.807) is 13.8 Å². The Balaban J connectivity index is 1.56. The minimum Gasteiger partial charge on any atom is -0.472 e. The molecular weight excluding hydrogens is 744 g/mol. The second-order valence-electron chi connectivity index (χ2n) is 16.9. The third kappa shape index (κ3) is 4.09. The molecule has 8 rings (SSSR count). The number of aliphatic hydroxyl groups is 2. The molecule has 15 atom stereocenters. The van der Waals surface area contributed by atoms with Crippen molar-refractivity contribution in [3.8, 4) is 0 Å². The van der Waals surface area contributed by atoms with Crippen molar-refractivity contribution in [2.24, 2.45) is 28.1 Å². The highest BCUT2D eigenvalue weighted by atomic mass is 16.9. The molecule has 18 nitrogen and oxygen atoms in total. The fourth-order valence-corrected chi connectivity index (χ4v) is 13.1. The first-order valence-corrected chi connectivity index (χ1v) is 18.6. The number of carbonyl (C=O) groups is 6.